The van der Waals surface area contributed by atoms with E-state index in [1.54, 1.807) is 0 Å². The molecule has 0 spiro atoms. The molecule has 0 bridgehead atoms. The first-order valence-corrected chi connectivity index (χ1v) is 6.97. The lowest BCUT2D eigenvalue weighted by molar-refractivity contribution is -0.125. The van der Waals surface area contributed by atoms with Gasteiger partial charge in [0.1, 0.15) is 0 Å². The molecular formula is C17H18N2O2. The average molecular weight is 282 g/mol. The molecule has 1 atom stereocenters. The van der Waals surface area contributed by atoms with Gasteiger partial charge in [-0.3, -0.25) is 10.0 Å². The first kappa shape index (κ1) is 13.8. The zero-order valence-corrected chi connectivity index (χ0v) is 12.1. The van der Waals surface area contributed by atoms with Gasteiger partial charge in [0.2, 0.25) is 0 Å². The molecule has 0 aromatic heterocycles. The number of carbonyl (C=O) groups excluding carboxylic acids is 1. The van der Waals surface area contributed by atoms with E-state index in [1.165, 1.54) is 11.1 Å². The van der Waals surface area contributed by atoms with Crippen LogP contribution in [0.25, 0.3) is 11.1 Å². The fraction of sp³-hybridized carbons (Fsp3) is 0.235. The Bertz CT molecular complexity index is 725. The summed E-state index contributed by atoms with van der Waals surface area (Å²) in [7, 11) is 0. The minimum absolute atomic E-state index is 0.457. The molecule has 21 heavy (non-hydrogen) atoms. The van der Waals surface area contributed by atoms with E-state index in [-0.39, 0.29) is 0 Å². The number of fused-ring (bicyclic) bond motifs is 1. The van der Waals surface area contributed by atoms with Gasteiger partial charge >= 0.3 is 0 Å². The van der Waals surface area contributed by atoms with E-state index in [9.17, 15) is 10.0 Å². The first-order valence-electron chi connectivity index (χ1n) is 6.97. The molecule has 0 saturated carbocycles. The SMILES string of the molecule is Cc1cccc(-c2ccc3c(c2)N(O)C(=O)C(N)C3)c1C. The molecule has 0 fully saturated rings. The lowest BCUT2D eigenvalue weighted by Crippen LogP contribution is -2.47. The number of nitrogens with zero attached hydrogens (tertiary/aromatic N) is 1. The number of rotatable bonds is 1. The van der Waals surface area contributed by atoms with E-state index >= 15 is 0 Å². The summed E-state index contributed by atoms with van der Waals surface area (Å²) >= 11 is 0. The number of amides is 1. The summed E-state index contributed by atoms with van der Waals surface area (Å²) in [6, 6.07) is 11.2. The number of hydroxylamine groups is 1. The fourth-order valence-corrected chi connectivity index (χ4v) is 2.77. The van der Waals surface area contributed by atoms with Crippen molar-refractivity contribution in [2.75, 3.05) is 5.06 Å². The Hall–Kier alpha value is -2.17. The summed E-state index contributed by atoms with van der Waals surface area (Å²) < 4.78 is 0. The standard InChI is InChI=1S/C17H18N2O2/c1-10-4-3-5-14(11(10)2)12-6-7-13-8-15(18)17(20)19(21)16(13)9-12/h3-7,9,15,21H,8,18H2,1-2H3. The smallest absolute Gasteiger partial charge is 0.267 e. The summed E-state index contributed by atoms with van der Waals surface area (Å²) in [5, 5.41) is 10.7. The molecule has 1 aliphatic heterocycles. The number of hydrogen-bond donors (Lipinski definition) is 2. The highest BCUT2D eigenvalue weighted by atomic mass is 16.5. The van der Waals surface area contributed by atoms with Crippen molar-refractivity contribution in [3.05, 3.63) is 53.1 Å². The van der Waals surface area contributed by atoms with E-state index in [0.29, 0.717) is 17.2 Å². The molecule has 1 unspecified atom stereocenters. The van der Waals surface area contributed by atoms with Gasteiger partial charge in [0.05, 0.1) is 11.7 Å². The van der Waals surface area contributed by atoms with Gasteiger partial charge in [-0.05, 0) is 54.2 Å². The Labute approximate surface area is 123 Å². The highest BCUT2D eigenvalue weighted by Crippen LogP contribution is 2.33. The van der Waals surface area contributed by atoms with Crippen molar-refractivity contribution in [3.63, 3.8) is 0 Å². The lowest BCUT2D eigenvalue weighted by Gasteiger charge is -2.28. The minimum Gasteiger partial charge on any atom is -0.320 e. The van der Waals surface area contributed by atoms with E-state index < -0.39 is 11.9 Å². The fourth-order valence-electron chi connectivity index (χ4n) is 2.77. The molecule has 108 valence electrons. The maximum atomic E-state index is 11.8. The van der Waals surface area contributed by atoms with Gasteiger partial charge in [-0.25, -0.2) is 0 Å². The highest BCUT2D eigenvalue weighted by Gasteiger charge is 2.29. The van der Waals surface area contributed by atoms with E-state index in [2.05, 4.69) is 19.9 Å². The van der Waals surface area contributed by atoms with Crippen LogP contribution in [0.5, 0.6) is 0 Å². The summed E-state index contributed by atoms with van der Waals surface area (Å²) in [6.45, 7) is 4.14. The number of aryl methyl sites for hydroxylation is 1. The number of carbonyl (C=O) groups is 1. The molecule has 0 radical (unpaired) electrons. The zero-order valence-electron chi connectivity index (χ0n) is 12.1. The molecular weight excluding hydrogens is 264 g/mol. The average Bonchev–Trinajstić information content (AvgIpc) is 2.48. The normalized spacial score (nSPS) is 17.8. The highest BCUT2D eigenvalue weighted by molar-refractivity contribution is 5.98. The van der Waals surface area contributed by atoms with Gasteiger partial charge in [0, 0.05) is 0 Å². The van der Waals surface area contributed by atoms with Gasteiger partial charge in [-0.15, -0.1) is 0 Å². The second-order valence-corrected chi connectivity index (χ2v) is 5.55. The second-order valence-electron chi connectivity index (χ2n) is 5.55. The molecule has 3 N–H and O–H groups in total. The largest absolute Gasteiger partial charge is 0.320 e. The third-order valence-electron chi connectivity index (χ3n) is 4.19. The van der Waals surface area contributed by atoms with Crippen LogP contribution < -0.4 is 10.8 Å². The monoisotopic (exact) mass is 282 g/mol. The minimum atomic E-state index is -0.672. The van der Waals surface area contributed by atoms with Crippen LogP contribution in [0.15, 0.2) is 36.4 Å². The van der Waals surface area contributed by atoms with Crippen LogP contribution in [0, 0.1) is 13.8 Å². The third-order valence-corrected chi connectivity index (χ3v) is 4.19. The van der Waals surface area contributed by atoms with Crippen molar-refractivity contribution in [2.24, 2.45) is 5.73 Å². The van der Waals surface area contributed by atoms with Crippen molar-refractivity contribution in [1.82, 2.24) is 0 Å². The van der Waals surface area contributed by atoms with Gasteiger partial charge in [0.25, 0.3) is 5.91 Å². The molecule has 2 aromatic carbocycles. The van der Waals surface area contributed by atoms with E-state index in [1.807, 2.05) is 30.3 Å². The lowest BCUT2D eigenvalue weighted by atomic mass is 9.92. The van der Waals surface area contributed by atoms with Gasteiger partial charge in [-0.1, -0.05) is 30.3 Å². The zero-order chi connectivity index (χ0) is 15.1. The Balaban J connectivity index is 2.12. The Morgan fingerprint density at radius 1 is 1.24 bits per heavy atom. The molecule has 1 amide bonds. The van der Waals surface area contributed by atoms with Crippen molar-refractivity contribution in [1.29, 1.82) is 0 Å². The van der Waals surface area contributed by atoms with E-state index in [0.717, 1.165) is 16.7 Å². The molecule has 0 saturated heterocycles. The Morgan fingerprint density at radius 2 is 2.00 bits per heavy atom. The summed E-state index contributed by atoms with van der Waals surface area (Å²) in [5.74, 6) is -0.458. The maximum absolute atomic E-state index is 11.8. The molecule has 3 rings (SSSR count). The Kier molecular flexibility index (Phi) is 3.27. The number of nitrogens with two attached hydrogens (primary N) is 1. The van der Waals surface area contributed by atoms with Crippen LogP contribution >= 0.6 is 0 Å². The van der Waals surface area contributed by atoms with Crippen molar-refractivity contribution >= 4 is 11.6 Å². The Morgan fingerprint density at radius 3 is 2.76 bits per heavy atom. The molecule has 1 aliphatic rings. The molecule has 4 heteroatoms. The topological polar surface area (TPSA) is 66.6 Å². The van der Waals surface area contributed by atoms with E-state index in [4.69, 9.17) is 5.73 Å². The summed E-state index contributed by atoms with van der Waals surface area (Å²) in [6.07, 6.45) is 0.457. The van der Waals surface area contributed by atoms with Crippen molar-refractivity contribution < 1.29 is 10.0 Å². The van der Waals surface area contributed by atoms with Crippen LogP contribution in [0.2, 0.25) is 0 Å². The predicted molar refractivity (Wildman–Crippen MR) is 82.3 cm³/mol. The second kappa shape index (κ2) is 4.98. The van der Waals surface area contributed by atoms with Crippen molar-refractivity contribution in [3.8, 4) is 11.1 Å². The number of benzene rings is 2. The van der Waals surface area contributed by atoms with Crippen LogP contribution in [0.3, 0.4) is 0 Å². The number of hydrogen-bond acceptors (Lipinski definition) is 3. The summed E-state index contributed by atoms with van der Waals surface area (Å²) in [4.78, 5) is 11.8. The molecule has 4 nitrogen and oxygen atoms in total. The molecule has 1 heterocycles. The molecule has 2 aromatic rings. The maximum Gasteiger partial charge on any atom is 0.267 e. The van der Waals surface area contributed by atoms with Crippen molar-refractivity contribution in [2.45, 2.75) is 26.3 Å². The van der Waals surface area contributed by atoms with Crippen LogP contribution in [-0.4, -0.2) is 17.2 Å². The third kappa shape index (κ3) is 2.22. The number of anilines is 1. The van der Waals surface area contributed by atoms with Crippen LogP contribution in [0.1, 0.15) is 16.7 Å². The summed E-state index contributed by atoms with van der Waals surface area (Å²) in [5.41, 5.74) is 11.6. The first-order chi connectivity index (χ1) is 9.99. The molecule has 0 aliphatic carbocycles. The van der Waals surface area contributed by atoms with Gasteiger partial charge < -0.3 is 5.73 Å². The van der Waals surface area contributed by atoms with Crippen LogP contribution in [0.4, 0.5) is 5.69 Å². The van der Waals surface area contributed by atoms with Gasteiger partial charge in [-0.2, -0.15) is 5.06 Å². The van der Waals surface area contributed by atoms with Gasteiger partial charge in [0.15, 0.2) is 0 Å². The predicted octanol–water partition coefficient (Wildman–Crippen LogP) is 2.58. The van der Waals surface area contributed by atoms with Crippen LogP contribution in [-0.2, 0) is 11.2 Å². The quantitative estimate of drug-likeness (QED) is 0.790.